The van der Waals surface area contributed by atoms with E-state index in [9.17, 15) is 4.79 Å². The summed E-state index contributed by atoms with van der Waals surface area (Å²) in [6.07, 6.45) is 8.27. The topological polar surface area (TPSA) is 32.3 Å². The normalized spacial score (nSPS) is 21.7. The van der Waals surface area contributed by atoms with Crippen molar-refractivity contribution in [3.05, 3.63) is 36.4 Å². The van der Waals surface area contributed by atoms with Crippen LogP contribution in [-0.4, -0.2) is 19.0 Å². The fourth-order valence-electron chi connectivity index (χ4n) is 2.90. The number of allylic oxidation sites excluding steroid dienone is 2. The average molecular weight is 256 g/mol. The summed E-state index contributed by atoms with van der Waals surface area (Å²) in [6, 6.07) is 8.10. The predicted molar refractivity (Wildman–Crippen MR) is 78.4 cm³/mol. The van der Waals surface area contributed by atoms with E-state index in [0.717, 1.165) is 43.7 Å². The minimum absolute atomic E-state index is 0.257. The maximum Gasteiger partial charge on any atom is 0.227 e. The molecule has 100 valence electrons. The quantitative estimate of drug-likeness (QED) is 0.824. The fraction of sp³-hybridized carbons (Fsp3) is 0.438. The smallest absolute Gasteiger partial charge is 0.227 e. The predicted octanol–water partition coefficient (Wildman–Crippen LogP) is 3.19. The molecule has 0 spiro atoms. The van der Waals surface area contributed by atoms with Crippen LogP contribution in [0.3, 0.4) is 0 Å². The van der Waals surface area contributed by atoms with Crippen LogP contribution >= 0.6 is 0 Å². The minimum atomic E-state index is 0.257. The molecule has 3 nitrogen and oxygen atoms in total. The summed E-state index contributed by atoms with van der Waals surface area (Å²) < 4.78 is 0. The van der Waals surface area contributed by atoms with Gasteiger partial charge in [0, 0.05) is 19.5 Å². The minimum Gasteiger partial charge on any atom is -0.383 e. The molecule has 0 saturated heterocycles. The first-order chi connectivity index (χ1) is 9.34. The number of hydrogen-bond donors (Lipinski definition) is 1. The number of amides is 1. The highest BCUT2D eigenvalue weighted by Gasteiger charge is 2.23. The van der Waals surface area contributed by atoms with Gasteiger partial charge in [0.15, 0.2) is 0 Å². The second kappa shape index (κ2) is 5.47. The second-order valence-corrected chi connectivity index (χ2v) is 5.31. The highest BCUT2D eigenvalue weighted by atomic mass is 16.2. The van der Waals surface area contributed by atoms with E-state index in [2.05, 4.69) is 23.5 Å². The number of para-hydroxylation sites is 2. The largest absolute Gasteiger partial charge is 0.383 e. The van der Waals surface area contributed by atoms with Crippen LogP contribution in [0.5, 0.6) is 0 Å². The third kappa shape index (κ3) is 2.65. The Kier molecular flexibility index (Phi) is 3.53. The third-order valence-corrected chi connectivity index (χ3v) is 3.92. The molecular weight excluding hydrogens is 236 g/mol. The van der Waals surface area contributed by atoms with Crippen molar-refractivity contribution in [3.63, 3.8) is 0 Å². The molecule has 1 aromatic carbocycles. The number of anilines is 2. The molecule has 0 saturated carbocycles. The van der Waals surface area contributed by atoms with Crippen molar-refractivity contribution in [2.75, 3.05) is 23.3 Å². The van der Waals surface area contributed by atoms with E-state index in [1.54, 1.807) is 0 Å². The molecule has 3 rings (SSSR count). The van der Waals surface area contributed by atoms with Crippen LogP contribution in [0.25, 0.3) is 0 Å². The molecule has 1 heterocycles. The van der Waals surface area contributed by atoms with Crippen molar-refractivity contribution in [1.29, 1.82) is 0 Å². The lowest BCUT2D eigenvalue weighted by molar-refractivity contribution is -0.119. The highest BCUT2D eigenvalue weighted by Crippen LogP contribution is 2.30. The van der Waals surface area contributed by atoms with Crippen molar-refractivity contribution in [1.82, 2.24) is 0 Å². The van der Waals surface area contributed by atoms with Gasteiger partial charge in [-0.2, -0.15) is 0 Å². The number of nitrogens with one attached hydrogen (secondary N) is 1. The van der Waals surface area contributed by atoms with Gasteiger partial charge in [0.05, 0.1) is 11.4 Å². The van der Waals surface area contributed by atoms with Gasteiger partial charge >= 0.3 is 0 Å². The third-order valence-electron chi connectivity index (χ3n) is 3.92. The maximum atomic E-state index is 12.5. The van der Waals surface area contributed by atoms with Gasteiger partial charge in [-0.05, 0) is 37.3 Å². The maximum absolute atomic E-state index is 12.5. The van der Waals surface area contributed by atoms with E-state index in [1.165, 1.54) is 0 Å². The Labute approximate surface area is 114 Å². The van der Waals surface area contributed by atoms with Crippen LogP contribution in [0.4, 0.5) is 11.4 Å². The number of nitrogens with zero attached hydrogens (tertiary/aromatic N) is 1. The Bertz CT molecular complexity index is 495. The molecule has 1 amide bonds. The monoisotopic (exact) mass is 256 g/mol. The van der Waals surface area contributed by atoms with Crippen molar-refractivity contribution in [2.45, 2.75) is 25.7 Å². The summed E-state index contributed by atoms with van der Waals surface area (Å²) >= 11 is 0. The molecule has 1 aliphatic carbocycles. The van der Waals surface area contributed by atoms with Crippen LogP contribution in [0.15, 0.2) is 36.4 Å². The molecule has 1 unspecified atom stereocenters. The van der Waals surface area contributed by atoms with Gasteiger partial charge in [-0.3, -0.25) is 4.79 Å². The summed E-state index contributed by atoms with van der Waals surface area (Å²) in [5, 5.41) is 3.40. The zero-order valence-electron chi connectivity index (χ0n) is 11.1. The lowest BCUT2D eigenvalue weighted by Crippen LogP contribution is -2.32. The van der Waals surface area contributed by atoms with E-state index in [4.69, 9.17) is 0 Å². The summed E-state index contributed by atoms with van der Waals surface area (Å²) in [5.74, 6) is 0.698. The van der Waals surface area contributed by atoms with E-state index in [1.807, 2.05) is 23.1 Å². The average Bonchev–Trinajstić information content (AvgIpc) is 2.83. The molecule has 0 fully saturated rings. The number of fused-ring (bicyclic) bond motifs is 1. The van der Waals surface area contributed by atoms with Crippen molar-refractivity contribution in [3.8, 4) is 0 Å². The lowest BCUT2D eigenvalue weighted by Gasteiger charge is -2.23. The molecule has 1 atom stereocenters. The molecule has 0 bridgehead atoms. The van der Waals surface area contributed by atoms with Crippen molar-refractivity contribution >= 4 is 17.3 Å². The Morgan fingerprint density at radius 2 is 2.26 bits per heavy atom. The molecule has 1 aliphatic heterocycles. The van der Waals surface area contributed by atoms with Gasteiger partial charge in [0.25, 0.3) is 0 Å². The molecule has 1 aromatic rings. The summed E-state index contributed by atoms with van der Waals surface area (Å²) in [6.45, 7) is 1.75. The van der Waals surface area contributed by atoms with Gasteiger partial charge < -0.3 is 10.2 Å². The van der Waals surface area contributed by atoms with Gasteiger partial charge in [0.2, 0.25) is 5.91 Å². The van der Waals surface area contributed by atoms with Crippen LogP contribution in [0.1, 0.15) is 25.7 Å². The SMILES string of the molecule is O=C(CC1C=CCC1)N1CCCNc2ccccc21. The zero-order chi connectivity index (χ0) is 13.1. The zero-order valence-corrected chi connectivity index (χ0v) is 11.1. The number of hydrogen-bond acceptors (Lipinski definition) is 2. The Balaban J connectivity index is 1.79. The van der Waals surface area contributed by atoms with Gasteiger partial charge in [-0.1, -0.05) is 24.3 Å². The molecule has 3 heteroatoms. The number of carbonyl (C=O) groups excluding carboxylic acids is 1. The number of benzene rings is 1. The summed E-state index contributed by atoms with van der Waals surface area (Å²) in [4.78, 5) is 14.5. The summed E-state index contributed by atoms with van der Waals surface area (Å²) in [5.41, 5.74) is 2.11. The van der Waals surface area contributed by atoms with Crippen molar-refractivity contribution in [2.24, 2.45) is 5.92 Å². The van der Waals surface area contributed by atoms with Gasteiger partial charge in [0.1, 0.15) is 0 Å². The Morgan fingerprint density at radius 3 is 3.11 bits per heavy atom. The molecule has 1 N–H and O–H groups in total. The second-order valence-electron chi connectivity index (χ2n) is 5.31. The van der Waals surface area contributed by atoms with Crippen LogP contribution in [0, 0.1) is 5.92 Å². The van der Waals surface area contributed by atoms with Gasteiger partial charge in [-0.25, -0.2) is 0 Å². The first kappa shape index (κ1) is 12.3. The molecule has 0 aromatic heterocycles. The summed E-state index contributed by atoms with van der Waals surface area (Å²) in [7, 11) is 0. The molecule has 2 aliphatic rings. The van der Waals surface area contributed by atoms with Gasteiger partial charge in [-0.15, -0.1) is 0 Å². The Morgan fingerprint density at radius 1 is 1.37 bits per heavy atom. The van der Waals surface area contributed by atoms with E-state index in [-0.39, 0.29) is 5.91 Å². The number of carbonyl (C=O) groups is 1. The Hall–Kier alpha value is -1.77. The van der Waals surface area contributed by atoms with Crippen LogP contribution < -0.4 is 10.2 Å². The lowest BCUT2D eigenvalue weighted by atomic mass is 10.0. The van der Waals surface area contributed by atoms with Crippen molar-refractivity contribution < 1.29 is 4.79 Å². The fourth-order valence-corrected chi connectivity index (χ4v) is 2.90. The van der Waals surface area contributed by atoms with E-state index < -0.39 is 0 Å². The molecular formula is C16H20N2O. The van der Waals surface area contributed by atoms with E-state index in [0.29, 0.717) is 12.3 Å². The highest BCUT2D eigenvalue weighted by molar-refractivity contribution is 5.97. The first-order valence-electron chi connectivity index (χ1n) is 7.14. The standard InChI is InChI=1S/C16H20N2O/c19-16(12-13-6-1-2-7-13)18-11-5-10-17-14-8-3-4-9-15(14)18/h1,3-4,6,8-9,13,17H,2,5,7,10-12H2. The number of rotatable bonds is 2. The van der Waals surface area contributed by atoms with Crippen LogP contribution in [0.2, 0.25) is 0 Å². The van der Waals surface area contributed by atoms with Crippen LogP contribution in [-0.2, 0) is 4.79 Å². The molecule has 19 heavy (non-hydrogen) atoms. The molecule has 0 radical (unpaired) electrons. The van der Waals surface area contributed by atoms with E-state index >= 15 is 0 Å². The first-order valence-corrected chi connectivity index (χ1v) is 7.14.